The van der Waals surface area contributed by atoms with Crippen LogP contribution in [0.5, 0.6) is 0 Å². The lowest BCUT2D eigenvalue weighted by Gasteiger charge is -2.21. The van der Waals surface area contributed by atoms with Crippen LogP contribution >= 0.6 is 0 Å². The normalized spacial score (nSPS) is 28.9. The molecule has 0 N–H and O–H groups in total. The summed E-state index contributed by atoms with van der Waals surface area (Å²) in [5, 5.41) is 8.39. The maximum atomic E-state index is 11.5. The first-order chi connectivity index (χ1) is 6.43. The third-order valence-electron chi connectivity index (χ3n) is 3.02. The van der Waals surface area contributed by atoms with Crippen LogP contribution in [0.2, 0.25) is 0 Å². The van der Waals surface area contributed by atoms with Gasteiger partial charge in [-0.15, -0.1) is 0 Å². The van der Waals surface area contributed by atoms with Gasteiger partial charge in [-0.25, -0.2) is 12.7 Å². The minimum atomic E-state index is -3.32. The monoisotopic (exact) mass is 216 g/mol. The van der Waals surface area contributed by atoms with E-state index in [1.807, 2.05) is 0 Å². The van der Waals surface area contributed by atoms with E-state index in [2.05, 4.69) is 13.8 Å². The largest absolute Gasteiger partial charge is 0.227 e. The Bertz CT molecular complexity index is 344. The van der Waals surface area contributed by atoms with Gasteiger partial charge in [-0.1, -0.05) is 13.8 Å². The summed E-state index contributed by atoms with van der Waals surface area (Å²) in [4.78, 5) is 0. The van der Waals surface area contributed by atoms with Crippen LogP contribution < -0.4 is 0 Å². The lowest BCUT2D eigenvalue weighted by molar-refractivity contribution is 0.327. The quantitative estimate of drug-likeness (QED) is 0.706. The van der Waals surface area contributed by atoms with E-state index in [9.17, 15) is 8.42 Å². The molecule has 0 bridgehead atoms. The van der Waals surface area contributed by atoms with E-state index in [0.717, 1.165) is 12.8 Å². The minimum absolute atomic E-state index is 0.0997. The highest BCUT2D eigenvalue weighted by atomic mass is 32.2. The molecule has 4 nitrogen and oxygen atoms in total. The van der Waals surface area contributed by atoms with Crippen molar-refractivity contribution in [2.75, 3.05) is 18.8 Å². The van der Waals surface area contributed by atoms with E-state index in [-0.39, 0.29) is 5.41 Å². The molecule has 0 spiro atoms. The fraction of sp³-hybridized carbons (Fsp3) is 0.889. The van der Waals surface area contributed by atoms with Crippen LogP contribution in [0, 0.1) is 16.7 Å². The van der Waals surface area contributed by atoms with Gasteiger partial charge in [0.05, 0.1) is 6.07 Å². The molecule has 1 fully saturated rings. The zero-order chi connectivity index (χ0) is 10.8. The molecule has 1 aliphatic rings. The fourth-order valence-corrected chi connectivity index (χ4v) is 2.90. The predicted molar refractivity (Wildman–Crippen MR) is 54.0 cm³/mol. The second-order valence-electron chi connectivity index (χ2n) is 4.16. The summed E-state index contributed by atoms with van der Waals surface area (Å²) in [5.74, 6) is -0.396. The summed E-state index contributed by atoms with van der Waals surface area (Å²) in [6, 6.07) is 1.70. The molecule has 14 heavy (non-hydrogen) atoms. The molecule has 0 saturated carbocycles. The molecule has 0 aromatic heterocycles. The Balaban J connectivity index is 2.73. The van der Waals surface area contributed by atoms with Crippen molar-refractivity contribution >= 4 is 10.0 Å². The van der Waals surface area contributed by atoms with E-state index in [0.29, 0.717) is 13.1 Å². The highest BCUT2D eigenvalue weighted by Crippen LogP contribution is 2.34. The van der Waals surface area contributed by atoms with Gasteiger partial charge in [0.1, 0.15) is 0 Å². The summed E-state index contributed by atoms with van der Waals surface area (Å²) >= 11 is 0. The molecule has 5 heteroatoms. The molecule has 0 amide bonds. The molecule has 1 saturated heterocycles. The molecule has 1 aliphatic heterocycles. The van der Waals surface area contributed by atoms with Crippen molar-refractivity contribution in [2.45, 2.75) is 26.7 Å². The number of sulfonamides is 1. The van der Waals surface area contributed by atoms with Crippen LogP contribution in [-0.2, 0) is 10.0 Å². The van der Waals surface area contributed by atoms with Crippen molar-refractivity contribution in [1.29, 1.82) is 5.26 Å². The highest BCUT2D eigenvalue weighted by Gasteiger charge is 2.37. The van der Waals surface area contributed by atoms with Crippen LogP contribution in [-0.4, -0.2) is 31.6 Å². The Labute approximate surface area is 85.6 Å². The standard InChI is InChI=1S/C9H16N2O2S/c1-3-9(2)4-6-11(8-9)14(12,13)7-5-10/h3-4,6-8H2,1-2H3. The van der Waals surface area contributed by atoms with Gasteiger partial charge in [-0.05, 0) is 18.3 Å². The average Bonchev–Trinajstić information content (AvgIpc) is 2.50. The van der Waals surface area contributed by atoms with Gasteiger partial charge in [-0.3, -0.25) is 0 Å². The van der Waals surface area contributed by atoms with Gasteiger partial charge in [0, 0.05) is 13.1 Å². The predicted octanol–water partition coefficient (Wildman–Crippen LogP) is 0.962. The number of nitrogens with zero attached hydrogens (tertiary/aromatic N) is 2. The third-order valence-corrected chi connectivity index (χ3v) is 4.61. The smallest absolute Gasteiger partial charge is 0.211 e. The van der Waals surface area contributed by atoms with Crippen molar-refractivity contribution in [3.8, 4) is 6.07 Å². The number of hydrogen-bond acceptors (Lipinski definition) is 3. The maximum Gasteiger partial charge on any atom is 0.227 e. The SMILES string of the molecule is CCC1(C)CCN(S(=O)(=O)CC#N)C1. The van der Waals surface area contributed by atoms with Gasteiger partial charge in [0.15, 0.2) is 5.75 Å². The van der Waals surface area contributed by atoms with E-state index < -0.39 is 15.8 Å². The zero-order valence-corrected chi connectivity index (χ0v) is 9.47. The molecule has 1 heterocycles. The van der Waals surface area contributed by atoms with Crippen molar-refractivity contribution in [1.82, 2.24) is 4.31 Å². The van der Waals surface area contributed by atoms with Crippen LogP contribution in [0.1, 0.15) is 26.7 Å². The Hall–Kier alpha value is -0.600. The van der Waals surface area contributed by atoms with E-state index >= 15 is 0 Å². The minimum Gasteiger partial charge on any atom is -0.211 e. The lowest BCUT2D eigenvalue weighted by Crippen LogP contribution is -2.32. The molecule has 80 valence electrons. The molecule has 1 atom stereocenters. The second kappa shape index (κ2) is 3.87. The molecule has 1 unspecified atom stereocenters. The molecule has 0 radical (unpaired) electrons. The number of rotatable bonds is 3. The van der Waals surface area contributed by atoms with Gasteiger partial charge in [0.2, 0.25) is 10.0 Å². The van der Waals surface area contributed by atoms with Gasteiger partial charge in [0.25, 0.3) is 0 Å². The van der Waals surface area contributed by atoms with Crippen molar-refractivity contribution in [3.05, 3.63) is 0 Å². The third kappa shape index (κ3) is 2.25. The molecular formula is C9H16N2O2S. The Morgan fingerprint density at radius 1 is 1.57 bits per heavy atom. The topological polar surface area (TPSA) is 61.2 Å². The second-order valence-corrected chi connectivity index (χ2v) is 6.13. The van der Waals surface area contributed by atoms with Gasteiger partial charge >= 0.3 is 0 Å². The summed E-state index contributed by atoms with van der Waals surface area (Å²) in [5.41, 5.74) is 0.0997. The summed E-state index contributed by atoms with van der Waals surface area (Å²) in [6.07, 6.45) is 1.87. The van der Waals surface area contributed by atoms with Gasteiger partial charge < -0.3 is 0 Å². The Morgan fingerprint density at radius 3 is 2.64 bits per heavy atom. The molecule has 0 aromatic carbocycles. The van der Waals surface area contributed by atoms with Crippen LogP contribution in [0.15, 0.2) is 0 Å². The summed E-state index contributed by atoms with van der Waals surface area (Å²) in [7, 11) is -3.32. The zero-order valence-electron chi connectivity index (χ0n) is 8.65. The molecule has 0 aromatic rings. The summed E-state index contributed by atoms with van der Waals surface area (Å²) in [6.45, 7) is 5.29. The molecule has 1 rings (SSSR count). The van der Waals surface area contributed by atoms with E-state index in [1.54, 1.807) is 6.07 Å². The molecular weight excluding hydrogens is 200 g/mol. The fourth-order valence-electron chi connectivity index (χ4n) is 1.68. The van der Waals surface area contributed by atoms with Crippen LogP contribution in [0.3, 0.4) is 0 Å². The van der Waals surface area contributed by atoms with E-state index in [4.69, 9.17) is 5.26 Å². The first-order valence-electron chi connectivity index (χ1n) is 4.78. The molecule has 0 aliphatic carbocycles. The van der Waals surface area contributed by atoms with Crippen LogP contribution in [0.25, 0.3) is 0 Å². The van der Waals surface area contributed by atoms with Crippen molar-refractivity contribution in [2.24, 2.45) is 5.41 Å². The Morgan fingerprint density at radius 2 is 2.21 bits per heavy atom. The maximum absolute atomic E-state index is 11.5. The van der Waals surface area contributed by atoms with Crippen LogP contribution in [0.4, 0.5) is 0 Å². The average molecular weight is 216 g/mol. The van der Waals surface area contributed by atoms with Gasteiger partial charge in [-0.2, -0.15) is 5.26 Å². The van der Waals surface area contributed by atoms with Crippen molar-refractivity contribution < 1.29 is 8.42 Å². The van der Waals surface area contributed by atoms with E-state index in [1.165, 1.54) is 4.31 Å². The number of nitriles is 1. The first kappa shape index (κ1) is 11.5. The number of hydrogen-bond donors (Lipinski definition) is 0. The van der Waals surface area contributed by atoms with Crippen molar-refractivity contribution in [3.63, 3.8) is 0 Å². The summed E-state index contributed by atoms with van der Waals surface area (Å²) < 4.78 is 24.5. The first-order valence-corrected chi connectivity index (χ1v) is 6.39. The lowest BCUT2D eigenvalue weighted by atomic mass is 9.87. The Kier molecular flexibility index (Phi) is 3.17. The highest BCUT2D eigenvalue weighted by molar-refractivity contribution is 7.89.